The van der Waals surface area contributed by atoms with Crippen LogP contribution in [-0.2, 0) is 4.79 Å². The van der Waals surface area contributed by atoms with Crippen LogP contribution in [0.4, 0.5) is 22.1 Å². The zero-order chi connectivity index (χ0) is 23.0. The maximum atomic E-state index is 12.2. The SMILES string of the molecule is O=C1CN(c2ccc(NC(=O)NCCCN3CCN(c4ncccn4)CC3)cc2Cl)CCN1. The van der Waals surface area contributed by atoms with E-state index in [1.807, 2.05) is 17.0 Å². The summed E-state index contributed by atoms with van der Waals surface area (Å²) in [5.41, 5.74) is 1.40. The fraction of sp³-hybridized carbons (Fsp3) is 0.455. The number of rotatable bonds is 7. The van der Waals surface area contributed by atoms with Crippen molar-refractivity contribution in [2.24, 2.45) is 0 Å². The molecule has 3 heterocycles. The highest BCUT2D eigenvalue weighted by atomic mass is 35.5. The molecule has 3 N–H and O–H groups in total. The maximum absolute atomic E-state index is 12.2. The fourth-order valence-corrected chi connectivity index (χ4v) is 4.29. The topological polar surface area (TPSA) is 106 Å². The second-order valence-electron chi connectivity index (χ2n) is 8.05. The van der Waals surface area contributed by atoms with Crippen molar-refractivity contribution >= 4 is 40.9 Å². The Kier molecular flexibility index (Phi) is 7.79. The van der Waals surface area contributed by atoms with Crippen LogP contribution in [-0.4, -0.2) is 85.7 Å². The molecule has 3 amide bonds. The normalized spacial score (nSPS) is 16.9. The predicted octanol–water partition coefficient (Wildman–Crippen LogP) is 1.40. The molecule has 176 valence electrons. The summed E-state index contributed by atoms with van der Waals surface area (Å²) in [7, 11) is 0. The van der Waals surface area contributed by atoms with Crippen LogP contribution in [0.3, 0.4) is 0 Å². The third kappa shape index (κ3) is 6.45. The van der Waals surface area contributed by atoms with Gasteiger partial charge >= 0.3 is 6.03 Å². The summed E-state index contributed by atoms with van der Waals surface area (Å²) < 4.78 is 0. The molecule has 0 spiro atoms. The number of nitrogens with zero attached hydrogens (tertiary/aromatic N) is 5. The van der Waals surface area contributed by atoms with E-state index in [9.17, 15) is 9.59 Å². The van der Waals surface area contributed by atoms with Gasteiger partial charge in [0.15, 0.2) is 0 Å². The van der Waals surface area contributed by atoms with Crippen LogP contribution in [0.25, 0.3) is 0 Å². The van der Waals surface area contributed by atoms with Crippen LogP contribution in [0.2, 0.25) is 5.02 Å². The van der Waals surface area contributed by atoms with Crippen molar-refractivity contribution < 1.29 is 9.59 Å². The summed E-state index contributed by atoms with van der Waals surface area (Å²) in [6, 6.07) is 6.89. The van der Waals surface area contributed by atoms with Crippen molar-refractivity contribution in [3.8, 4) is 0 Å². The smallest absolute Gasteiger partial charge is 0.319 e. The minimum absolute atomic E-state index is 0.0222. The molecule has 0 bridgehead atoms. The van der Waals surface area contributed by atoms with E-state index in [1.165, 1.54) is 0 Å². The number of hydrogen-bond donors (Lipinski definition) is 3. The molecule has 0 saturated carbocycles. The van der Waals surface area contributed by atoms with Gasteiger partial charge in [0.05, 0.1) is 17.3 Å². The Morgan fingerprint density at radius 3 is 2.61 bits per heavy atom. The molecular formula is C22H29ClN8O2. The summed E-state index contributed by atoms with van der Waals surface area (Å²) >= 11 is 6.39. The van der Waals surface area contributed by atoms with Crippen molar-refractivity contribution in [3.63, 3.8) is 0 Å². The standard InChI is InChI=1S/C22H29ClN8O2/c23-18-15-17(3-4-19(18)31-10-8-24-20(32)16-31)28-22(33)27-7-2-9-29-11-13-30(14-12-29)21-25-5-1-6-26-21/h1,3-6,15H,2,7-14,16H2,(H,24,32)(H2,27,28,33). The average Bonchev–Trinajstić information content (AvgIpc) is 2.83. The number of halogens is 1. The number of aromatic nitrogens is 2. The Morgan fingerprint density at radius 2 is 1.88 bits per heavy atom. The van der Waals surface area contributed by atoms with Crippen LogP contribution >= 0.6 is 11.6 Å². The van der Waals surface area contributed by atoms with E-state index in [0.29, 0.717) is 30.3 Å². The van der Waals surface area contributed by atoms with Crippen LogP contribution in [0.5, 0.6) is 0 Å². The lowest BCUT2D eigenvalue weighted by atomic mass is 10.2. The van der Waals surface area contributed by atoms with E-state index < -0.39 is 0 Å². The highest BCUT2D eigenvalue weighted by molar-refractivity contribution is 6.33. The van der Waals surface area contributed by atoms with Gasteiger partial charge < -0.3 is 25.8 Å². The number of carbonyl (C=O) groups is 2. The summed E-state index contributed by atoms with van der Waals surface area (Å²) in [6.07, 6.45) is 4.40. The first kappa shape index (κ1) is 23.1. The summed E-state index contributed by atoms with van der Waals surface area (Å²) in [6.45, 7) is 6.79. The molecule has 4 rings (SSSR count). The lowest BCUT2D eigenvalue weighted by Crippen LogP contribution is -2.47. The number of nitrogens with one attached hydrogen (secondary N) is 3. The Bertz CT molecular complexity index is 953. The van der Waals surface area contributed by atoms with E-state index in [0.717, 1.165) is 50.8 Å². The minimum atomic E-state index is -0.262. The summed E-state index contributed by atoms with van der Waals surface area (Å²) in [5.74, 6) is 0.760. The largest absolute Gasteiger partial charge is 0.359 e. The first-order valence-corrected chi connectivity index (χ1v) is 11.6. The van der Waals surface area contributed by atoms with Crippen LogP contribution in [0.15, 0.2) is 36.7 Å². The average molecular weight is 473 g/mol. The molecule has 1 aromatic heterocycles. The molecule has 2 aliphatic rings. The molecule has 11 heteroatoms. The first-order chi connectivity index (χ1) is 16.1. The van der Waals surface area contributed by atoms with E-state index >= 15 is 0 Å². The van der Waals surface area contributed by atoms with Crippen molar-refractivity contribution in [3.05, 3.63) is 41.7 Å². The Labute approximate surface area is 198 Å². The molecule has 0 radical (unpaired) electrons. The van der Waals surface area contributed by atoms with Gasteiger partial charge in [-0.1, -0.05) is 11.6 Å². The first-order valence-electron chi connectivity index (χ1n) is 11.2. The van der Waals surface area contributed by atoms with Crippen molar-refractivity contribution in [1.29, 1.82) is 0 Å². The number of hydrogen-bond acceptors (Lipinski definition) is 7. The Balaban J connectivity index is 1.14. The third-order valence-electron chi connectivity index (χ3n) is 5.73. The molecular weight excluding hydrogens is 444 g/mol. The number of urea groups is 1. The monoisotopic (exact) mass is 472 g/mol. The molecule has 0 atom stereocenters. The number of amides is 3. The second-order valence-corrected chi connectivity index (χ2v) is 8.46. The van der Waals surface area contributed by atoms with Crippen molar-refractivity contribution in [2.75, 3.05) is 74.0 Å². The number of benzene rings is 1. The maximum Gasteiger partial charge on any atom is 0.319 e. The number of piperazine rings is 2. The molecule has 0 aliphatic carbocycles. The van der Waals surface area contributed by atoms with Crippen molar-refractivity contribution in [1.82, 2.24) is 25.5 Å². The highest BCUT2D eigenvalue weighted by Crippen LogP contribution is 2.29. The second kappa shape index (κ2) is 11.2. The molecule has 2 fully saturated rings. The predicted molar refractivity (Wildman–Crippen MR) is 129 cm³/mol. The zero-order valence-electron chi connectivity index (χ0n) is 18.5. The van der Waals surface area contributed by atoms with Crippen LogP contribution in [0.1, 0.15) is 6.42 Å². The van der Waals surface area contributed by atoms with Gasteiger partial charge in [-0.2, -0.15) is 0 Å². The molecule has 2 aromatic rings. The Hall–Kier alpha value is -3.11. The van der Waals surface area contributed by atoms with Gasteiger partial charge in [-0.25, -0.2) is 14.8 Å². The lowest BCUT2D eigenvalue weighted by Gasteiger charge is -2.34. The van der Waals surface area contributed by atoms with E-state index in [1.54, 1.807) is 24.5 Å². The van der Waals surface area contributed by atoms with E-state index in [2.05, 4.69) is 35.7 Å². The fourth-order valence-electron chi connectivity index (χ4n) is 3.99. The molecule has 2 saturated heterocycles. The zero-order valence-corrected chi connectivity index (χ0v) is 19.2. The number of anilines is 3. The Morgan fingerprint density at radius 1 is 1.09 bits per heavy atom. The van der Waals surface area contributed by atoms with Gasteiger partial charge in [-0.3, -0.25) is 9.69 Å². The molecule has 33 heavy (non-hydrogen) atoms. The quantitative estimate of drug-likeness (QED) is 0.523. The van der Waals surface area contributed by atoms with Gasteiger partial charge in [-0.15, -0.1) is 0 Å². The minimum Gasteiger partial charge on any atom is -0.359 e. The van der Waals surface area contributed by atoms with Gasteiger partial charge in [0.25, 0.3) is 0 Å². The van der Waals surface area contributed by atoms with E-state index in [4.69, 9.17) is 11.6 Å². The van der Waals surface area contributed by atoms with Gasteiger partial charge in [0.2, 0.25) is 11.9 Å². The highest BCUT2D eigenvalue weighted by Gasteiger charge is 2.20. The van der Waals surface area contributed by atoms with Crippen LogP contribution < -0.4 is 25.8 Å². The molecule has 2 aliphatic heterocycles. The molecule has 10 nitrogen and oxygen atoms in total. The van der Waals surface area contributed by atoms with Crippen LogP contribution in [0, 0.1) is 0 Å². The molecule has 0 unspecified atom stereocenters. The lowest BCUT2D eigenvalue weighted by molar-refractivity contribution is -0.120. The van der Waals surface area contributed by atoms with E-state index in [-0.39, 0.29) is 18.5 Å². The third-order valence-corrected chi connectivity index (χ3v) is 6.03. The van der Waals surface area contributed by atoms with Gasteiger partial charge in [0.1, 0.15) is 0 Å². The van der Waals surface area contributed by atoms with Gasteiger partial charge in [0, 0.05) is 63.9 Å². The summed E-state index contributed by atoms with van der Waals surface area (Å²) in [5, 5.41) is 9.01. The van der Waals surface area contributed by atoms with Gasteiger partial charge in [-0.05, 0) is 37.2 Å². The van der Waals surface area contributed by atoms with Crippen molar-refractivity contribution in [2.45, 2.75) is 6.42 Å². The molecule has 1 aromatic carbocycles. The number of carbonyl (C=O) groups excluding carboxylic acids is 2. The summed E-state index contributed by atoms with van der Waals surface area (Å²) in [4.78, 5) is 39.0.